The van der Waals surface area contributed by atoms with Crippen molar-refractivity contribution in [3.8, 4) is 16.9 Å². The van der Waals surface area contributed by atoms with Crippen LogP contribution in [-0.4, -0.2) is 13.7 Å². The van der Waals surface area contributed by atoms with E-state index in [1.165, 1.54) is 19.2 Å². The Balaban J connectivity index is 0.000000924. The van der Waals surface area contributed by atoms with Crippen LogP contribution in [0.2, 0.25) is 5.02 Å². The summed E-state index contributed by atoms with van der Waals surface area (Å²) in [5.41, 5.74) is 5.10. The number of rotatable bonds is 1. The van der Waals surface area contributed by atoms with Gasteiger partial charge in [0.2, 0.25) is 0 Å². The summed E-state index contributed by atoms with van der Waals surface area (Å²) in [6.07, 6.45) is -2.79. The Hall–Kier alpha value is -1.72. The molecule has 1 heterocycles. The summed E-state index contributed by atoms with van der Waals surface area (Å²) >= 11 is 6.17. The van der Waals surface area contributed by atoms with E-state index >= 15 is 0 Å². The molecule has 6 heteroatoms. The fourth-order valence-corrected chi connectivity index (χ4v) is 2.85. The predicted molar refractivity (Wildman–Crippen MR) is 85.8 cm³/mol. The van der Waals surface area contributed by atoms with Gasteiger partial charge in [0, 0.05) is 5.56 Å². The van der Waals surface area contributed by atoms with E-state index in [0.717, 1.165) is 24.5 Å². The van der Waals surface area contributed by atoms with Crippen molar-refractivity contribution in [1.82, 2.24) is 0 Å². The van der Waals surface area contributed by atoms with Gasteiger partial charge in [0.05, 0.1) is 17.2 Å². The zero-order chi connectivity index (χ0) is 17.0. The minimum atomic E-state index is -4.43. The number of aryl methyl sites for hydroxylation is 1. The van der Waals surface area contributed by atoms with E-state index in [0.29, 0.717) is 17.9 Å². The van der Waals surface area contributed by atoms with E-state index < -0.39 is 11.7 Å². The number of alkyl halides is 3. The second-order valence-electron chi connectivity index (χ2n) is 4.91. The van der Waals surface area contributed by atoms with Crippen LogP contribution in [0.1, 0.15) is 17.5 Å². The summed E-state index contributed by atoms with van der Waals surface area (Å²) in [6.45, 7) is 0.495. The van der Waals surface area contributed by atoms with Gasteiger partial charge in [-0.25, -0.2) is 0 Å². The molecule has 3 rings (SSSR count). The second-order valence-corrected chi connectivity index (χ2v) is 5.31. The van der Waals surface area contributed by atoms with Crippen LogP contribution in [-0.2, 0) is 12.6 Å². The van der Waals surface area contributed by atoms with Crippen LogP contribution in [0.25, 0.3) is 11.1 Å². The van der Waals surface area contributed by atoms with Gasteiger partial charge in [0.15, 0.2) is 0 Å². The Morgan fingerprint density at radius 2 is 1.78 bits per heavy atom. The molecule has 0 atom stereocenters. The van der Waals surface area contributed by atoms with Crippen molar-refractivity contribution >= 4 is 11.6 Å². The minimum absolute atomic E-state index is 0.0637. The molecule has 0 saturated heterocycles. The average molecular weight is 344 g/mol. The van der Waals surface area contributed by atoms with E-state index in [9.17, 15) is 13.2 Å². The van der Waals surface area contributed by atoms with Gasteiger partial charge in [-0.3, -0.25) is 0 Å². The fourth-order valence-electron chi connectivity index (χ4n) is 2.60. The van der Waals surface area contributed by atoms with E-state index in [4.69, 9.17) is 16.3 Å². The highest BCUT2D eigenvalue weighted by Crippen LogP contribution is 2.45. The molecule has 2 aromatic carbocycles. The third-order valence-corrected chi connectivity index (χ3v) is 3.84. The average Bonchev–Trinajstić information content (AvgIpc) is 2.56. The second kappa shape index (κ2) is 7.23. The van der Waals surface area contributed by atoms with Gasteiger partial charge in [-0.1, -0.05) is 35.9 Å². The first kappa shape index (κ1) is 17.6. The molecular formula is C17H17ClF3NO. The summed E-state index contributed by atoms with van der Waals surface area (Å²) in [7, 11) is 1.50. The maximum absolute atomic E-state index is 13.2. The Morgan fingerprint density at radius 3 is 2.48 bits per heavy atom. The van der Waals surface area contributed by atoms with Gasteiger partial charge in [0.25, 0.3) is 0 Å². The molecule has 0 fully saturated rings. The molecule has 0 radical (unpaired) electrons. The van der Waals surface area contributed by atoms with Crippen molar-refractivity contribution in [2.75, 3.05) is 13.7 Å². The molecule has 0 aliphatic carbocycles. The lowest BCUT2D eigenvalue weighted by molar-refractivity contribution is -0.137. The predicted octanol–water partition coefficient (Wildman–Crippen LogP) is 4.93. The highest BCUT2D eigenvalue weighted by molar-refractivity contribution is 6.33. The van der Waals surface area contributed by atoms with Crippen LogP contribution in [0, 0.1) is 0 Å². The molecule has 1 aliphatic heterocycles. The zero-order valence-corrected chi connectivity index (χ0v) is 13.3. The number of hydrogen-bond donors (Lipinski definition) is 1. The van der Waals surface area contributed by atoms with Gasteiger partial charge in [0.1, 0.15) is 5.75 Å². The summed E-state index contributed by atoms with van der Waals surface area (Å²) in [5, 5.41) is 0.271. The van der Waals surface area contributed by atoms with Crippen LogP contribution in [0.4, 0.5) is 13.2 Å². The molecule has 0 amide bonds. The fraction of sp³-hybridized carbons (Fsp3) is 0.294. The number of nitrogens with two attached hydrogens (primary N) is 1. The standard InChI is InChI=1S/C16H12ClF3O.CH5N/c17-13-8-7-10-4-3-9-21-15(10)14(13)11-5-1-2-6-12(11)16(18,19)20;1-2/h1-2,5-8H,3-4,9H2;2H2,1H3. The quantitative estimate of drug-likeness (QED) is 0.797. The molecule has 2 N–H and O–H groups in total. The molecule has 1 aliphatic rings. The van der Waals surface area contributed by atoms with Crippen LogP contribution >= 0.6 is 11.6 Å². The molecule has 0 spiro atoms. The number of fused-ring (bicyclic) bond motifs is 1. The van der Waals surface area contributed by atoms with Crippen molar-refractivity contribution in [2.45, 2.75) is 19.0 Å². The van der Waals surface area contributed by atoms with Crippen LogP contribution in [0.3, 0.4) is 0 Å². The number of benzene rings is 2. The Morgan fingerprint density at radius 1 is 1.09 bits per heavy atom. The summed E-state index contributed by atoms with van der Waals surface area (Å²) in [6, 6.07) is 8.89. The monoisotopic (exact) mass is 343 g/mol. The van der Waals surface area contributed by atoms with Crippen LogP contribution < -0.4 is 10.5 Å². The summed E-state index contributed by atoms with van der Waals surface area (Å²) in [5.74, 6) is 0.477. The van der Waals surface area contributed by atoms with E-state index in [-0.39, 0.29) is 10.6 Å². The maximum Gasteiger partial charge on any atom is 0.417 e. The Kier molecular flexibility index (Phi) is 5.55. The zero-order valence-electron chi connectivity index (χ0n) is 12.6. The first-order valence-electron chi connectivity index (χ1n) is 7.17. The van der Waals surface area contributed by atoms with Crippen molar-refractivity contribution in [2.24, 2.45) is 5.73 Å². The molecule has 23 heavy (non-hydrogen) atoms. The van der Waals surface area contributed by atoms with Gasteiger partial charge < -0.3 is 10.5 Å². The van der Waals surface area contributed by atoms with E-state index in [1.807, 2.05) is 6.07 Å². The lowest BCUT2D eigenvalue weighted by atomic mass is 9.94. The minimum Gasteiger partial charge on any atom is -0.493 e. The van der Waals surface area contributed by atoms with Gasteiger partial charge in [-0.2, -0.15) is 13.2 Å². The Bertz CT molecular complexity index is 686. The molecule has 0 aromatic heterocycles. The van der Waals surface area contributed by atoms with Crippen molar-refractivity contribution in [1.29, 1.82) is 0 Å². The summed E-state index contributed by atoms with van der Waals surface area (Å²) < 4.78 is 45.2. The Labute approximate surface area is 138 Å². The molecule has 0 bridgehead atoms. The van der Waals surface area contributed by atoms with E-state index in [1.54, 1.807) is 12.1 Å². The van der Waals surface area contributed by atoms with Gasteiger partial charge >= 0.3 is 6.18 Å². The van der Waals surface area contributed by atoms with Crippen LogP contribution in [0.15, 0.2) is 36.4 Å². The third-order valence-electron chi connectivity index (χ3n) is 3.53. The van der Waals surface area contributed by atoms with E-state index in [2.05, 4.69) is 5.73 Å². The normalized spacial score (nSPS) is 13.5. The first-order chi connectivity index (χ1) is 11.0. The topological polar surface area (TPSA) is 35.2 Å². The molecule has 124 valence electrons. The van der Waals surface area contributed by atoms with Crippen molar-refractivity contribution in [3.63, 3.8) is 0 Å². The molecule has 0 saturated carbocycles. The van der Waals surface area contributed by atoms with Crippen molar-refractivity contribution in [3.05, 3.63) is 52.5 Å². The molecule has 0 unspecified atom stereocenters. The maximum atomic E-state index is 13.2. The largest absolute Gasteiger partial charge is 0.493 e. The lowest BCUT2D eigenvalue weighted by Crippen LogP contribution is -2.11. The lowest BCUT2D eigenvalue weighted by Gasteiger charge is -2.23. The number of ether oxygens (including phenoxy) is 1. The summed E-state index contributed by atoms with van der Waals surface area (Å²) in [4.78, 5) is 0. The number of hydrogen-bond acceptors (Lipinski definition) is 2. The highest BCUT2D eigenvalue weighted by Gasteiger charge is 2.35. The first-order valence-corrected chi connectivity index (χ1v) is 7.55. The van der Waals surface area contributed by atoms with Gasteiger partial charge in [-0.15, -0.1) is 0 Å². The molecule has 2 aromatic rings. The third kappa shape index (κ3) is 3.62. The smallest absolute Gasteiger partial charge is 0.417 e. The highest BCUT2D eigenvalue weighted by atomic mass is 35.5. The van der Waals surface area contributed by atoms with Crippen molar-refractivity contribution < 1.29 is 17.9 Å². The number of halogens is 4. The molecule has 2 nitrogen and oxygen atoms in total. The van der Waals surface area contributed by atoms with Crippen LogP contribution in [0.5, 0.6) is 5.75 Å². The molecular weight excluding hydrogens is 327 g/mol. The SMILES string of the molecule is CN.FC(F)(F)c1ccccc1-c1c(Cl)ccc2c1OCCC2. The van der Waals surface area contributed by atoms with Gasteiger partial charge in [-0.05, 0) is 43.1 Å².